The molecule has 0 radical (unpaired) electrons. The fraction of sp³-hybridized carbons (Fsp3) is 1.00. The highest BCUT2D eigenvalue weighted by atomic mass is 35.5. The fourth-order valence-electron chi connectivity index (χ4n) is 0. The van der Waals surface area contributed by atoms with Crippen LogP contribution in [0, 0.1) is 0 Å². The van der Waals surface area contributed by atoms with E-state index in [1.165, 1.54) is 0 Å². The standard InChI is InChI=1S/C3H7Cl/c1-3(2)4/h3H,1-2H3/i1D3,2D3,3D. The first-order valence-corrected chi connectivity index (χ1v) is 1.07. The predicted molar refractivity (Wildman–Crippen MR) is 21.0 cm³/mol. The summed E-state index contributed by atoms with van der Waals surface area (Å²) in [6, 6.07) is 0. The maximum atomic E-state index is 6.87. The van der Waals surface area contributed by atoms with Gasteiger partial charge >= 0.3 is 0 Å². The molecule has 0 amide bonds. The summed E-state index contributed by atoms with van der Waals surface area (Å²) in [7, 11) is 0. The van der Waals surface area contributed by atoms with E-state index in [0.29, 0.717) is 0 Å². The molecule has 0 heterocycles. The number of halogens is 1. The second-order valence-corrected chi connectivity index (χ2v) is 0.692. The molecule has 0 saturated carbocycles. The highest BCUT2D eigenvalue weighted by molar-refractivity contribution is 6.20. The molecule has 0 rings (SSSR count). The van der Waals surface area contributed by atoms with Crippen LogP contribution in [0.3, 0.4) is 0 Å². The molecule has 0 aromatic carbocycles. The van der Waals surface area contributed by atoms with Crippen LogP contribution in [0.15, 0.2) is 0 Å². The Bertz CT molecular complexity index is 125. The van der Waals surface area contributed by atoms with Gasteiger partial charge in [-0.2, -0.15) is 0 Å². The molecule has 0 saturated heterocycles. The van der Waals surface area contributed by atoms with Gasteiger partial charge in [-0.25, -0.2) is 0 Å². The molecular formula is C3H7Cl. The normalized spacial score (nSPS) is 43.8. The zero-order valence-corrected chi connectivity index (χ0v) is 2.63. The molecule has 0 atom stereocenters. The number of alkyl halides is 1. The van der Waals surface area contributed by atoms with Crippen molar-refractivity contribution < 1.29 is 9.60 Å². The van der Waals surface area contributed by atoms with E-state index >= 15 is 0 Å². The van der Waals surface area contributed by atoms with Crippen LogP contribution in [0.1, 0.15) is 23.3 Å². The van der Waals surface area contributed by atoms with E-state index in [-0.39, 0.29) is 0 Å². The monoisotopic (exact) mass is 85.1 g/mol. The van der Waals surface area contributed by atoms with Crippen LogP contribution in [-0.4, -0.2) is 5.35 Å². The van der Waals surface area contributed by atoms with Gasteiger partial charge in [-0.15, -0.1) is 11.6 Å². The molecule has 0 N–H and O–H groups in total. The van der Waals surface area contributed by atoms with Gasteiger partial charge in [-0.3, -0.25) is 0 Å². The number of hydrogen-bond acceptors (Lipinski definition) is 0. The molecule has 0 unspecified atom stereocenters. The van der Waals surface area contributed by atoms with Crippen LogP contribution >= 0.6 is 11.6 Å². The first-order valence-electron chi connectivity index (χ1n) is 4.19. The summed E-state index contributed by atoms with van der Waals surface area (Å²) in [5.74, 6) is 0. The van der Waals surface area contributed by atoms with Crippen LogP contribution in [-0.2, 0) is 0 Å². The summed E-state index contributed by atoms with van der Waals surface area (Å²) >= 11 is 5.03. The smallest absolute Gasteiger partial charge is 0.0466 e. The summed E-state index contributed by atoms with van der Waals surface area (Å²) in [6.07, 6.45) is 0. The number of hydrogen-bond donors (Lipinski definition) is 0. The lowest BCUT2D eigenvalue weighted by molar-refractivity contribution is 1.10. The Hall–Kier alpha value is 0.290. The largest absolute Gasteiger partial charge is 0.124 e. The van der Waals surface area contributed by atoms with Gasteiger partial charge in [0.15, 0.2) is 0 Å². The quantitative estimate of drug-likeness (QED) is 0.392. The second kappa shape index (κ2) is 1.59. The summed E-state index contributed by atoms with van der Waals surface area (Å²) in [5, 5.41) is -2.90. The van der Waals surface area contributed by atoms with Crippen molar-refractivity contribution in [3.63, 3.8) is 0 Å². The summed E-state index contributed by atoms with van der Waals surface area (Å²) in [5.41, 5.74) is 0. The van der Waals surface area contributed by atoms with E-state index in [0.717, 1.165) is 0 Å². The van der Waals surface area contributed by atoms with E-state index in [2.05, 4.69) is 0 Å². The average molecular weight is 85.6 g/mol. The molecule has 0 nitrogen and oxygen atoms in total. The van der Waals surface area contributed by atoms with Gasteiger partial charge < -0.3 is 0 Å². The maximum Gasteiger partial charge on any atom is 0.0466 e. The SMILES string of the molecule is [2H]C([2H])([2H])C([2H])(Cl)C([2H])([2H])[2H]. The van der Waals surface area contributed by atoms with Crippen molar-refractivity contribution in [3.8, 4) is 0 Å². The third-order valence-corrected chi connectivity index (χ3v) is 0. The van der Waals surface area contributed by atoms with E-state index in [4.69, 9.17) is 21.2 Å². The highest BCUT2D eigenvalue weighted by Crippen LogP contribution is 1.84. The van der Waals surface area contributed by atoms with Gasteiger partial charge in [-0.05, 0) is 13.7 Å². The molecule has 0 bridgehead atoms. The van der Waals surface area contributed by atoms with Gasteiger partial charge in [0, 0.05) is 14.9 Å². The Morgan fingerprint density at radius 2 is 2.75 bits per heavy atom. The Labute approximate surface area is 41.6 Å². The first-order chi connectivity index (χ1) is 4.50. The lowest BCUT2D eigenvalue weighted by Gasteiger charge is -1.76. The molecule has 0 aliphatic heterocycles. The van der Waals surface area contributed by atoms with Gasteiger partial charge in [-0.1, -0.05) is 0 Å². The van der Waals surface area contributed by atoms with Crippen LogP contribution in [0.5, 0.6) is 0 Å². The average Bonchev–Trinajstić information content (AvgIpc) is 1.58. The zero-order valence-electron chi connectivity index (χ0n) is 8.88. The lowest BCUT2D eigenvalue weighted by Crippen LogP contribution is -1.70. The molecule has 0 aromatic heterocycles. The molecule has 0 spiro atoms. The molecule has 4 heavy (non-hydrogen) atoms. The van der Waals surface area contributed by atoms with E-state index in [9.17, 15) is 0 Å². The zero-order chi connectivity index (χ0) is 9.50. The Balaban J connectivity index is 4.75. The molecule has 0 aliphatic carbocycles. The lowest BCUT2D eigenvalue weighted by atomic mass is 10.6. The maximum absolute atomic E-state index is 6.87. The van der Waals surface area contributed by atoms with Crippen LogP contribution in [0.4, 0.5) is 0 Å². The van der Waals surface area contributed by atoms with Crippen molar-refractivity contribution >= 4 is 11.6 Å². The van der Waals surface area contributed by atoms with Gasteiger partial charge in [0.25, 0.3) is 0 Å². The molecule has 0 fully saturated rings. The first kappa shape index (κ1) is 0.439. The van der Waals surface area contributed by atoms with Crippen LogP contribution in [0.25, 0.3) is 0 Å². The molecule has 0 aromatic rings. The third-order valence-electron chi connectivity index (χ3n) is 0. The minimum absolute atomic E-state index is 2.90. The Morgan fingerprint density at radius 1 is 2.25 bits per heavy atom. The van der Waals surface area contributed by atoms with Crippen molar-refractivity contribution in [2.24, 2.45) is 0 Å². The minimum Gasteiger partial charge on any atom is -0.124 e. The van der Waals surface area contributed by atoms with Crippen molar-refractivity contribution in [1.82, 2.24) is 0 Å². The summed E-state index contributed by atoms with van der Waals surface area (Å²) < 4.78 is 46.7. The molecule has 0 aliphatic rings. The Morgan fingerprint density at radius 3 is 2.75 bits per heavy atom. The molecule has 26 valence electrons. The Kier molecular flexibility index (Phi) is 0.175. The van der Waals surface area contributed by atoms with Gasteiger partial charge in [0.2, 0.25) is 0 Å². The van der Waals surface area contributed by atoms with Crippen LogP contribution in [0.2, 0.25) is 0 Å². The van der Waals surface area contributed by atoms with E-state index < -0.39 is 19.1 Å². The van der Waals surface area contributed by atoms with E-state index in [1.807, 2.05) is 0 Å². The van der Waals surface area contributed by atoms with Crippen molar-refractivity contribution in [3.05, 3.63) is 0 Å². The third kappa shape index (κ3) is 45.3. The predicted octanol–water partition coefficient (Wildman–Crippen LogP) is 1.63. The number of rotatable bonds is 0. The van der Waals surface area contributed by atoms with Crippen molar-refractivity contribution in [2.45, 2.75) is 19.1 Å². The topological polar surface area (TPSA) is 0 Å². The summed E-state index contributed by atoms with van der Waals surface area (Å²) in [4.78, 5) is 0. The minimum atomic E-state index is -3.00. The van der Waals surface area contributed by atoms with Crippen LogP contribution < -0.4 is 0 Å². The summed E-state index contributed by atoms with van der Waals surface area (Å²) in [6.45, 7) is -6.00. The second-order valence-electron chi connectivity index (χ2n) is 0.314. The van der Waals surface area contributed by atoms with Crippen molar-refractivity contribution in [2.75, 3.05) is 0 Å². The van der Waals surface area contributed by atoms with E-state index in [1.54, 1.807) is 0 Å². The van der Waals surface area contributed by atoms with Gasteiger partial charge in [0.05, 0.1) is 0 Å². The highest BCUT2D eigenvalue weighted by Gasteiger charge is 1.71. The fourth-order valence-corrected chi connectivity index (χ4v) is 0. The molecule has 1 heteroatoms. The molecular weight excluding hydrogens is 71.5 g/mol. The van der Waals surface area contributed by atoms with Gasteiger partial charge in [0.1, 0.15) is 0 Å². The van der Waals surface area contributed by atoms with Crippen molar-refractivity contribution in [1.29, 1.82) is 0 Å².